The molecule has 1 aromatic carbocycles. The predicted molar refractivity (Wildman–Crippen MR) is 90.9 cm³/mol. The Balaban J connectivity index is 1.47. The number of likely N-dealkylation sites (tertiary alicyclic amines) is 1. The highest BCUT2D eigenvalue weighted by molar-refractivity contribution is 5.74. The normalized spacial score (nSPS) is 20.8. The lowest BCUT2D eigenvalue weighted by atomic mass is 9.91. The monoisotopic (exact) mass is 331 g/mol. The van der Waals surface area contributed by atoms with Crippen LogP contribution in [0, 0.1) is 0 Å². The Morgan fingerprint density at radius 1 is 1.29 bits per heavy atom. The van der Waals surface area contributed by atoms with Crippen LogP contribution < -0.4 is 5.32 Å². The lowest BCUT2D eigenvalue weighted by Gasteiger charge is -2.37. The van der Waals surface area contributed by atoms with Gasteiger partial charge >= 0.3 is 12.1 Å². The number of rotatable bonds is 3. The fourth-order valence-corrected chi connectivity index (χ4v) is 3.42. The second-order valence-electron chi connectivity index (χ2n) is 6.89. The first kappa shape index (κ1) is 16.6. The lowest BCUT2D eigenvalue weighted by molar-refractivity contribution is 0.00966. The first-order chi connectivity index (χ1) is 11.5. The molecule has 1 spiro atoms. The van der Waals surface area contributed by atoms with Gasteiger partial charge in [-0.1, -0.05) is 37.3 Å². The summed E-state index contributed by atoms with van der Waals surface area (Å²) in [4.78, 5) is 27.4. The summed E-state index contributed by atoms with van der Waals surface area (Å²) in [7, 11) is 1.75. The molecular formula is C18H25N3O3. The first-order valence-corrected chi connectivity index (χ1v) is 8.51. The van der Waals surface area contributed by atoms with E-state index in [0.29, 0.717) is 39.0 Å². The van der Waals surface area contributed by atoms with Crippen molar-refractivity contribution in [3.05, 3.63) is 35.9 Å². The number of carbonyl (C=O) groups excluding carboxylic acids is 2. The van der Waals surface area contributed by atoms with Crippen LogP contribution >= 0.6 is 0 Å². The Bertz CT molecular complexity index is 597. The van der Waals surface area contributed by atoms with E-state index in [1.807, 2.05) is 23.1 Å². The van der Waals surface area contributed by atoms with Crippen LogP contribution in [0.25, 0.3) is 0 Å². The van der Waals surface area contributed by atoms with E-state index in [9.17, 15) is 9.59 Å². The maximum Gasteiger partial charge on any atom is 0.410 e. The molecule has 1 aromatic rings. The van der Waals surface area contributed by atoms with Crippen LogP contribution in [-0.4, -0.2) is 60.8 Å². The van der Waals surface area contributed by atoms with Crippen LogP contribution in [0.5, 0.6) is 0 Å². The van der Waals surface area contributed by atoms with Crippen LogP contribution in [0.3, 0.4) is 0 Å². The zero-order valence-electron chi connectivity index (χ0n) is 14.3. The molecule has 1 N–H and O–H groups in total. The van der Waals surface area contributed by atoms with Gasteiger partial charge in [0.1, 0.15) is 5.60 Å². The number of hydrogen-bond donors (Lipinski definition) is 1. The van der Waals surface area contributed by atoms with E-state index < -0.39 is 5.60 Å². The van der Waals surface area contributed by atoms with Gasteiger partial charge in [-0.15, -0.1) is 0 Å². The number of carbonyl (C=O) groups is 2. The van der Waals surface area contributed by atoms with Crippen molar-refractivity contribution >= 4 is 12.1 Å². The number of nitrogens with one attached hydrogen (secondary N) is 1. The van der Waals surface area contributed by atoms with Crippen LogP contribution in [0.1, 0.15) is 31.2 Å². The van der Waals surface area contributed by atoms with Crippen molar-refractivity contribution < 1.29 is 14.3 Å². The lowest BCUT2D eigenvalue weighted by Crippen LogP contribution is -2.51. The van der Waals surface area contributed by atoms with Gasteiger partial charge in [0.2, 0.25) is 0 Å². The van der Waals surface area contributed by atoms with Crippen molar-refractivity contribution in [1.82, 2.24) is 15.1 Å². The molecule has 3 rings (SSSR count). The smallest absolute Gasteiger partial charge is 0.410 e. The van der Waals surface area contributed by atoms with Gasteiger partial charge in [-0.25, -0.2) is 9.59 Å². The van der Waals surface area contributed by atoms with Gasteiger partial charge in [0, 0.05) is 39.5 Å². The zero-order valence-corrected chi connectivity index (χ0v) is 14.3. The van der Waals surface area contributed by atoms with E-state index in [1.165, 1.54) is 5.56 Å². The van der Waals surface area contributed by atoms with Gasteiger partial charge in [0.05, 0.1) is 6.54 Å². The van der Waals surface area contributed by atoms with Crippen LogP contribution in [-0.2, 0) is 4.74 Å². The SMILES string of the molecule is CC(CNC(=O)N1CCC2(CC1)CN(C)C(=O)O2)c1ccccc1. The molecule has 2 aliphatic heterocycles. The van der Waals surface area contributed by atoms with Gasteiger partial charge in [0.15, 0.2) is 0 Å². The van der Waals surface area contributed by atoms with Crippen LogP contribution in [0.4, 0.5) is 9.59 Å². The molecule has 0 aromatic heterocycles. The third kappa shape index (κ3) is 3.47. The highest BCUT2D eigenvalue weighted by atomic mass is 16.6. The first-order valence-electron chi connectivity index (χ1n) is 8.51. The molecule has 3 amide bonds. The number of amides is 3. The summed E-state index contributed by atoms with van der Waals surface area (Å²) in [6.45, 7) is 4.57. The van der Waals surface area contributed by atoms with Crippen molar-refractivity contribution in [3.8, 4) is 0 Å². The number of hydrogen-bond acceptors (Lipinski definition) is 3. The molecule has 0 aliphatic carbocycles. The standard InChI is InChI=1S/C18H25N3O3/c1-14(15-6-4-3-5-7-15)12-19-16(22)21-10-8-18(9-11-21)13-20(2)17(23)24-18/h3-7,14H,8-13H2,1-2H3,(H,19,22). The summed E-state index contributed by atoms with van der Waals surface area (Å²) in [5, 5.41) is 3.02. The average molecular weight is 331 g/mol. The molecule has 6 heteroatoms. The van der Waals surface area contributed by atoms with Gasteiger partial charge in [0.25, 0.3) is 0 Å². The summed E-state index contributed by atoms with van der Waals surface area (Å²) in [6.07, 6.45) is 1.14. The molecule has 1 unspecified atom stereocenters. The molecular weight excluding hydrogens is 306 g/mol. The Kier molecular flexibility index (Phi) is 4.64. The van der Waals surface area contributed by atoms with Crippen molar-refractivity contribution in [2.24, 2.45) is 0 Å². The van der Waals surface area contributed by atoms with Crippen LogP contribution in [0.2, 0.25) is 0 Å². The minimum absolute atomic E-state index is 0.0368. The molecule has 0 saturated carbocycles. The number of ether oxygens (including phenoxy) is 1. The maximum absolute atomic E-state index is 12.4. The minimum Gasteiger partial charge on any atom is -0.441 e. The van der Waals surface area contributed by atoms with Crippen molar-refractivity contribution in [2.45, 2.75) is 31.3 Å². The summed E-state index contributed by atoms with van der Waals surface area (Å²) < 4.78 is 5.51. The van der Waals surface area contributed by atoms with E-state index in [-0.39, 0.29) is 18.0 Å². The summed E-state index contributed by atoms with van der Waals surface area (Å²) >= 11 is 0. The number of urea groups is 1. The second-order valence-corrected chi connectivity index (χ2v) is 6.89. The third-order valence-corrected chi connectivity index (χ3v) is 5.03. The Labute approximate surface area is 142 Å². The number of piperidine rings is 1. The largest absolute Gasteiger partial charge is 0.441 e. The molecule has 24 heavy (non-hydrogen) atoms. The average Bonchev–Trinajstić information content (AvgIpc) is 2.87. The Morgan fingerprint density at radius 2 is 1.96 bits per heavy atom. The topological polar surface area (TPSA) is 61.9 Å². The molecule has 0 bridgehead atoms. The fraction of sp³-hybridized carbons (Fsp3) is 0.556. The van der Waals surface area contributed by atoms with Gasteiger partial charge in [-0.05, 0) is 11.5 Å². The minimum atomic E-state index is -0.403. The maximum atomic E-state index is 12.4. The van der Waals surface area contributed by atoms with E-state index >= 15 is 0 Å². The van der Waals surface area contributed by atoms with Gasteiger partial charge in [-0.3, -0.25) is 0 Å². The number of likely N-dealkylation sites (N-methyl/N-ethyl adjacent to an activating group) is 1. The predicted octanol–water partition coefficient (Wildman–Crippen LogP) is 2.42. The summed E-state index contributed by atoms with van der Waals surface area (Å²) in [5.41, 5.74) is 0.816. The third-order valence-electron chi connectivity index (χ3n) is 5.03. The van der Waals surface area contributed by atoms with Crippen LogP contribution in [0.15, 0.2) is 30.3 Å². The summed E-state index contributed by atoms with van der Waals surface area (Å²) in [6, 6.07) is 10.1. The molecule has 2 fully saturated rings. The van der Waals surface area contributed by atoms with Gasteiger partial charge in [-0.2, -0.15) is 0 Å². The highest BCUT2D eigenvalue weighted by Gasteiger charge is 2.46. The molecule has 0 radical (unpaired) electrons. The quantitative estimate of drug-likeness (QED) is 0.925. The Hall–Kier alpha value is -2.24. The molecule has 2 heterocycles. The van der Waals surface area contributed by atoms with E-state index in [4.69, 9.17) is 4.74 Å². The molecule has 130 valence electrons. The second kappa shape index (κ2) is 6.71. The summed E-state index contributed by atoms with van der Waals surface area (Å²) in [5.74, 6) is 0.274. The van der Waals surface area contributed by atoms with E-state index in [0.717, 1.165) is 0 Å². The highest BCUT2D eigenvalue weighted by Crippen LogP contribution is 2.32. The number of nitrogens with zero attached hydrogens (tertiary/aromatic N) is 2. The fourth-order valence-electron chi connectivity index (χ4n) is 3.42. The van der Waals surface area contributed by atoms with Crippen molar-refractivity contribution in [1.29, 1.82) is 0 Å². The number of benzene rings is 1. The molecule has 2 aliphatic rings. The molecule has 6 nitrogen and oxygen atoms in total. The molecule has 2 saturated heterocycles. The van der Waals surface area contributed by atoms with Gasteiger partial charge < -0.3 is 19.9 Å². The van der Waals surface area contributed by atoms with E-state index in [1.54, 1.807) is 11.9 Å². The van der Waals surface area contributed by atoms with Crippen molar-refractivity contribution in [2.75, 3.05) is 33.2 Å². The Morgan fingerprint density at radius 3 is 2.54 bits per heavy atom. The van der Waals surface area contributed by atoms with E-state index in [2.05, 4.69) is 24.4 Å². The molecule has 1 atom stereocenters. The zero-order chi connectivity index (χ0) is 17.2. The van der Waals surface area contributed by atoms with Crippen molar-refractivity contribution in [3.63, 3.8) is 0 Å².